The molecule has 2 amide bonds. The summed E-state index contributed by atoms with van der Waals surface area (Å²) in [6.07, 6.45) is 4.17. The van der Waals surface area contributed by atoms with Crippen LogP contribution in [0.5, 0.6) is 5.75 Å². The zero-order chi connectivity index (χ0) is 22.4. The number of nitrogens with one attached hydrogen (secondary N) is 1. The lowest BCUT2D eigenvalue weighted by Gasteiger charge is -2.30. The molecular weight excluding hydrogens is 435 g/mol. The number of aryl methyl sites for hydroxylation is 1. The van der Waals surface area contributed by atoms with Gasteiger partial charge in [-0.25, -0.2) is 0 Å². The van der Waals surface area contributed by atoms with Crippen LogP contribution < -0.4 is 10.1 Å². The summed E-state index contributed by atoms with van der Waals surface area (Å²) in [6, 6.07) is 12.1. The second kappa shape index (κ2) is 10.9. The van der Waals surface area contributed by atoms with Crippen molar-refractivity contribution in [2.45, 2.75) is 58.2 Å². The molecule has 1 fully saturated rings. The maximum atomic E-state index is 13.1. The van der Waals surface area contributed by atoms with Gasteiger partial charge in [-0.05, 0) is 51.0 Å². The van der Waals surface area contributed by atoms with Gasteiger partial charge in [0.05, 0.1) is 0 Å². The fourth-order valence-corrected chi connectivity index (χ4v) is 4.21. The van der Waals surface area contributed by atoms with Crippen LogP contribution in [-0.2, 0) is 16.1 Å². The number of nitrogens with zero attached hydrogens (tertiary/aromatic N) is 1. The van der Waals surface area contributed by atoms with Crippen LogP contribution in [0.3, 0.4) is 0 Å². The van der Waals surface area contributed by atoms with E-state index in [-0.39, 0.29) is 31.0 Å². The Morgan fingerprint density at radius 2 is 1.71 bits per heavy atom. The molecule has 2 aromatic rings. The molecule has 0 aromatic heterocycles. The molecule has 0 spiro atoms. The third-order valence-corrected chi connectivity index (χ3v) is 6.35. The maximum Gasteiger partial charge on any atom is 0.261 e. The maximum absolute atomic E-state index is 13.1. The molecule has 0 bridgehead atoms. The Balaban J connectivity index is 1.75. The highest BCUT2D eigenvalue weighted by molar-refractivity contribution is 6.36. The number of amides is 2. The van der Waals surface area contributed by atoms with Gasteiger partial charge in [-0.2, -0.15) is 0 Å². The third-order valence-electron chi connectivity index (χ3n) is 5.64. The fourth-order valence-electron chi connectivity index (χ4n) is 3.69. The molecule has 0 aliphatic heterocycles. The minimum absolute atomic E-state index is 0.119. The molecule has 1 aliphatic carbocycles. The van der Waals surface area contributed by atoms with E-state index in [0.29, 0.717) is 21.4 Å². The lowest BCUT2D eigenvalue weighted by Crippen LogP contribution is -2.50. The molecule has 0 radical (unpaired) electrons. The van der Waals surface area contributed by atoms with Gasteiger partial charge in [0.15, 0.2) is 6.61 Å². The Labute approximate surface area is 193 Å². The lowest BCUT2D eigenvalue weighted by molar-refractivity contribution is -0.142. The topological polar surface area (TPSA) is 58.6 Å². The SMILES string of the molecule is Cc1ccc(OCC(=O)N(Cc2c(Cl)cccc2Cl)[C@@H](C)C(=O)NC2CCCC2)cc1. The average Bonchev–Trinajstić information content (AvgIpc) is 3.25. The molecular formula is C24H28Cl2N2O3. The number of carbonyl (C=O) groups is 2. The van der Waals surface area contributed by atoms with E-state index in [0.717, 1.165) is 31.2 Å². The van der Waals surface area contributed by atoms with Crippen LogP contribution in [0.4, 0.5) is 0 Å². The predicted molar refractivity (Wildman–Crippen MR) is 124 cm³/mol. The Kier molecular flexibility index (Phi) is 8.22. The minimum atomic E-state index is -0.693. The molecule has 7 heteroatoms. The van der Waals surface area contributed by atoms with Crippen molar-refractivity contribution in [2.75, 3.05) is 6.61 Å². The highest BCUT2D eigenvalue weighted by atomic mass is 35.5. The monoisotopic (exact) mass is 462 g/mol. The van der Waals surface area contributed by atoms with Crippen LogP contribution in [0.15, 0.2) is 42.5 Å². The number of benzene rings is 2. The summed E-state index contributed by atoms with van der Waals surface area (Å²) in [5, 5.41) is 3.97. The van der Waals surface area contributed by atoms with Gasteiger partial charge in [-0.15, -0.1) is 0 Å². The van der Waals surface area contributed by atoms with Gasteiger partial charge in [-0.1, -0.05) is 59.8 Å². The van der Waals surface area contributed by atoms with Gasteiger partial charge in [0.1, 0.15) is 11.8 Å². The quantitative estimate of drug-likeness (QED) is 0.589. The average molecular weight is 463 g/mol. The lowest BCUT2D eigenvalue weighted by atomic mass is 10.1. The molecule has 0 unspecified atom stereocenters. The van der Waals surface area contributed by atoms with Crippen LogP contribution in [0.25, 0.3) is 0 Å². The van der Waals surface area contributed by atoms with Crippen molar-refractivity contribution < 1.29 is 14.3 Å². The van der Waals surface area contributed by atoms with Crippen molar-refractivity contribution in [3.05, 3.63) is 63.6 Å². The minimum Gasteiger partial charge on any atom is -0.484 e. The largest absolute Gasteiger partial charge is 0.484 e. The van der Waals surface area contributed by atoms with E-state index >= 15 is 0 Å². The fraction of sp³-hybridized carbons (Fsp3) is 0.417. The first-order chi connectivity index (χ1) is 14.8. The molecule has 0 heterocycles. The van der Waals surface area contributed by atoms with Crippen LogP contribution in [0.2, 0.25) is 10.0 Å². The summed E-state index contributed by atoms with van der Waals surface area (Å²) in [4.78, 5) is 27.5. The predicted octanol–water partition coefficient (Wildman–Crippen LogP) is 5.16. The Morgan fingerprint density at radius 3 is 2.32 bits per heavy atom. The summed E-state index contributed by atoms with van der Waals surface area (Å²) in [6.45, 7) is 3.63. The Bertz CT molecular complexity index is 891. The van der Waals surface area contributed by atoms with Crippen molar-refractivity contribution in [2.24, 2.45) is 0 Å². The molecule has 3 rings (SSSR count). The van der Waals surface area contributed by atoms with Gasteiger partial charge in [0, 0.05) is 28.2 Å². The molecule has 0 saturated heterocycles. The number of ether oxygens (including phenoxy) is 1. The highest BCUT2D eigenvalue weighted by Crippen LogP contribution is 2.27. The summed E-state index contributed by atoms with van der Waals surface area (Å²) in [5.74, 6) is 0.0992. The number of hydrogen-bond donors (Lipinski definition) is 1. The Morgan fingerprint density at radius 1 is 1.10 bits per heavy atom. The van der Waals surface area contributed by atoms with Crippen molar-refractivity contribution in [3.63, 3.8) is 0 Å². The number of halogens is 2. The molecule has 31 heavy (non-hydrogen) atoms. The van der Waals surface area contributed by atoms with Gasteiger partial charge < -0.3 is 15.0 Å². The van der Waals surface area contributed by atoms with E-state index < -0.39 is 6.04 Å². The van der Waals surface area contributed by atoms with Crippen molar-refractivity contribution >= 4 is 35.0 Å². The molecule has 1 saturated carbocycles. The second-order valence-electron chi connectivity index (χ2n) is 7.99. The van der Waals surface area contributed by atoms with Crippen molar-refractivity contribution in [3.8, 4) is 5.75 Å². The Hall–Kier alpha value is -2.24. The van der Waals surface area contributed by atoms with E-state index in [1.54, 1.807) is 25.1 Å². The molecule has 1 N–H and O–H groups in total. The zero-order valence-electron chi connectivity index (χ0n) is 17.9. The van der Waals surface area contributed by atoms with E-state index in [1.165, 1.54) is 4.90 Å². The molecule has 1 aliphatic rings. The van der Waals surface area contributed by atoms with Crippen LogP contribution in [0.1, 0.15) is 43.7 Å². The summed E-state index contributed by atoms with van der Waals surface area (Å²) >= 11 is 12.7. The smallest absolute Gasteiger partial charge is 0.261 e. The molecule has 5 nitrogen and oxygen atoms in total. The van der Waals surface area contributed by atoms with Gasteiger partial charge >= 0.3 is 0 Å². The van der Waals surface area contributed by atoms with E-state index in [4.69, 9.17) is 27.9 Å². The third kappa shape index (κ3) is 6.37. The summed E-state index contributed by atoms with van der Waals surface area (Å²) in [5.41, 5.74) is 1.71. The number of carbonyl (C=O) groups excluding carboxylic acids is 2. The van der Waals surface area contributed by atoms with Gasteiger partial charge in [0.2, 0.25) is 5.91 Å². The first kappa shape index (κ1) is 23.4. The highest BCUT2D eigenvalue weighted by Gasteiger charge is 2.29. The molecule has 2 aromatic carbocycles. The first-order valence-electron chi connectivity index (χ1n) is 10.6. The molecule has 166 valence electrons. The van der Waals surface area contributed by atoms with Gasteiger partial charge in [-0.3, -0.25) is 9.59 Å². The summed E-state index contributed by atoms with van der Waals surface area (Å²) < 4.78 is 5.68. The number of rotatable bonds is 8. The second-order valence-corrected chi connectivity index (χ2v) is 8.80. The first-order valence-corrected chi connectivity index (χ1v) is 11.3. The zero-order valence-corrected chi connectivity index (χ0v) is 19.4. The van der Waals surface area contributed by atoms with Crippen molar-refractivity contribution in [1.82, 2.24) is 10.2 Å². The normalized spacial score (nSPS) is 14.8. The molecule has 1 atom stereocenters. The van der Waals surface area contributed by atoms with Crippen LogP contribution in [-0.4, -0.2) is 35.4 Å². The van der Waals surface area contributed by atoms with Crippen LogP contribution >= 0.6 is 23.2 Å². The van der Waals surface area contributed by atoms with Crippen molar-refractivity contribution in [1.29, 1.82) is 0 Å². The summed E-state index contributed by atoms with van der Waals surface area (Å²) in [7, 11) is 0. The number of hydrogen-bond acceptors (Lipinski definition) is 3. The van der Waals surface area contributed by atoms with E-state index in [2.05, 4.69) is 5.32 Å². The van der Waals surface area contributed by atoms with E-state index in [1.807, 2.05) is 31.2 Å². The van der Waals surface area contributed by atoms with Gasteiger partial charge in [0.25, 0.3) is 5.91 Å². The standard InChI is InChI=1S/C24H28Cl2N2O3/c1-16-10-12-19(13-11-16)31-15-23(29)28(14-20-21(25)8-5-9-22(20)26)17(2)24(30)27-18-6-3-4-7-18/h5,8-13,17-18H,3-4,6-7,14-15H2,1-2H3,(H,27,30)/t17-/m0/s1. The van der Waals surface area contributed by atoms with Crippen LogP contribution in [0, 0.1) is 6.92 Å². The van der Waals surface area contributed by atoms with E-state index in [9.17, 15) is 9.59 Å².